The Morgan fingerprint density at radius 3 is 2.17 bits per heavy atom. The van der Waals surface area contributed by atoms with Gasteiger partial charge >= 0.3 is 11.9 Å². The number of carbonyl (C=O) groups is 2. The summed E-state index contributed by atoms with van der Waals surface area (Å²) in [6.45, 7) is 2.96. The zero-order valence-electron chi connectivity index (χ0n) is 19.0. The highest BCUT2D eigenvalue weighted by Crippen LogP contribution is 2.38. The van der Waals surface area contributed by atoms with Crippen molar-refractivity contribution in [3.63, 3.8) is 0 Å². The topological polar surface area (TPSA) is 152 Å². The number of carboxylic acid groups (broad SMARTS) is 2. The second-order valence-corrected chi connectivity index (χ2v) is 8.38. The molecule has 1 aliphatic carbocycles. The van der Waals surface area contributed by atoms with Crippen LogP contribution in [-0.4, -0.2) is 63.1 Å². The molecule has 3 aromatic rings. The fraction of sp³-hybridized carbons (Fsp3) is 0.292. The molecule has 1 saturated heterocycles. The van der Waals surface area contributed by atoms with Crippen LogP contribution in [0.1, 0.15) is 39.6 Å². The van der Waals surface area contributed by atoms with Gasteiger partial charge in [-0.25, -0.2) is 14.0 Å². The van der Waals surface area contributed by atoms with Gasteiger partial charge in [-0.3, -0.25) is 4.79 Å². The van der Waals surface area contributed by atoms with Crippen molar-refractivity contribution in [2.75, 3.05) is 31.1 Å². The lowest BCUT2D eigenvalue weighted by molar-refractivity contribution is 0.0683. The third-order valence-corrected chi connectivity index (χ3v) is 5.94. The number of anilines is 1. The van der Waals surface area contributed by atoms with E-state index in [0.717, 1.165) is 38.1 Å². The van der Waals surface area contributed by atoms with Gasteiger partial charge in [0.15, 0.2) is 0 Å². The Balaban J connectivity index is 0.000000256. The second-order valence-electron chi connectivity index (χ2n) is 8.38. The Bertz CT molecular complexity index is 1370. The van der Waals surface area contributed by atoms with Crippen molar-refractivity contribution in [1.82, 2.24) is 9.88 Å². The molecule has 0 amide bonds. The van der Waals surface area contributed by atoms with Crippen molar-refractivity contribution in [3.05, 3.63) is 63.7 Å². The number of aromatic nitrogens is 1. The molecule has 2 aliphatic rings. The van der Waals surface area contributed by atoms with Crippen molar-refractivity contribution in [2.45, 2.75) is 18.9 Å². The summed E-state index contributed by atoms with van der Waals surface area (Å²) < 4.78 is 16.4. The number of fused-ring (bicyclic) bond motifs is 1. The van der Waals surface area contributed by atoms with Gasteiger partial charge in [-0.2, -0.15) is 0 Å². The Hall–Kier alpha value is -3.83. The number of phenolic OH excluding ortho intramolecular Hbond substituents is 1. The van der Waals surface area contributed by atoms with E-state index < -0.39 is 23.2 Å². The van der Waals surface area contributed by atoms with Gasteiger partial charge in [0.25, 0.3) is 0 Å². The van der Waals surface area contributed by atoms with E-state index in [-0.39, 0.29) is 46.5 Å². The molecule has 10 nitrogen and oxygen atoms in total. The number of hydrogen-bond donors (Lipinski definition) is 5. The van der Waals surface area contributed by atoms with Crippen LogP contribution >= 0.6 is 12.4 Å². The van der Waals surface area contributed by atoms with Crippen LogP contribution in [0.4, 0.5) is 10.1 Å². The van der Waals surface area contributed by atoms with Crippen molar-refractivity contribution in [2.24, 2.45) is 0 Å². The van der Waals surface area contributed by atoms with Crippen molar-refractivity contribution in [1.29, 1.82) is 0 Å². The SMILES string of the molecule is Cl.O=C(O)c1cc(O)ccc1O.O=C(O)c1cn(C2CC2)c2cc(N3CCNCC3)c(F)cc2c1=O. The first-order valence-electron chi connectivity index (χ1n) is 11.0. The van der Waals surface area contributed by atoms with Gasteiger partial charge in [0.1, 0.15) is 28.4 Å². The predicted molar refractivity (Wildman–Crippen MR) is 132 cm³/mol. The van der Waals surface area contributed by atoms with Crippen molar-refractivity contribution in [3.8, 4) is 11.5 Å². The highest BCUT2D eigenvalue weighted by molar-refractivity contribution is 5.93. The zero-order chi connectivity index (χ0) is 25.3. The van der Waals surface area contributed by atoms with E-state index in [4.69, 9.17) is 15.3 Å². The number of piperazine rings is 1. The summed E-state index contributed by atoms with van der Waals surface area (Å²) in [7, 11) is 0. The number of nitrogens with zero attached hydrogens (tertiary/aromatic N) is 2. The van der Waals surface area contributed by atoms with Gasteiger partial charge in [-0.15, -0.1) is 12.4 Å². The molecule has 0 bridgehead atoms. The Morgan fingerprint density at radius 1 is 0.972 bits per heavy atom. The van der Waals surface area contributed by atoms with E-state index in [0.29, 0.717) is 24.3 Å². The third-order valence-electron chi connectivity index (χ3n) is 5.94. The third kappa shape index (κ3) is 5.52. The second kappa shape index (κ2) is 10.8. The van der Waals surface area contributed by atoms with Crippen LogP contribution in [0, 0.1) is 5.82 Å². The molecule has 1 aliphatic heterocycles. The molecule has 5 rings (SSSR count). The largest absolute Gasteiger partial charge is 0.508 e. The molecule has 0 spiro atoms. The van der Waals surface area contributed by atoms with Gasteiger partial charge in [0.2, 0.25) is 5.43 Å². The number of hydrogen-bond acceptors (Lipinski definition) is 7. The van der Waals surface area contributed by atoms with Crippen LogP contribution in [0.3, 0.4) is 0 Å². The molecular weight excluding hydrogens is 497 g/mol. The maximum Gasteiger partial charge on any atom is 0.341 e. The molecule has 192 valence electrons. The number of carboxylic acids is 2. The summed E-state index contributed by atoms with van der Waals surface area (Å²) in [5.74, 6) is -3.55. The number of aromatic carboxylic acids is 2. The number of benzene rings is 2. The van der Waals surface area contributed by atoms with Gasteiger partial charge in [0.05, 0.1) is 11.2 Å². The van der Waals surface area contributed by atoms with Crippen LogP contribution in [0.25, 0.3) is 10.9 Å². The standard InChI is InChI=1S/C17H18FN3O3.C7H6O4.ClH/c18-13-7-11-14(8-15(13)20-5-3-19-4-6-20)21(10-1-2-10)9-12(16(11)22)17(23)24;8-4-1-2-6(9)5(3-4)7(10)11;/h7-10,19H,1-6H2,(H,23,24);1-3,8-9H,(H,10,11);1H. The fourth-order valence-electron chi connectivity index (χ4n) is 4.01. The minimum Gasteiger partial charge on any atom is -0.508 e. The minimum atomic E-state index is -1.28. The van der Waals surface area contributed by atoms with E-state index in [9.17, 15) is 23.9 Å². The maximum absolute atomic E-state index is 14.6. The van der Waals surface area contributed by atoms with Gasteiger partial charge in [-0.1, -0.05) is 0 Å². The average Bonchev–Trinajstić information content (AvgIpc) is 3.67. The molecule has 36 heavy (non-hydrogen) atoms. The average molecular weight is 522 g/mol. The number of nitrogens with one attached hydrogen (secondary N) is 1. The van der Waals surface area contributed by atoms with E-state index in [2.05, 4.69) is 5.32 Å². The molecular formula is C24H25ClFN3O7. The lowest BCUT2D eigenvalue weighted by Crippen LogP contribution is -2.43. The highest BCUT2D eigenvalue weighted by atomic mass is 35.5. The summed E-state index contributed by atoms with van der Waals surface area (Å²) in [6.07, 6.45) is 3.29. The van der Waals surface area contributed by atoms with Crippen LogP contribution in [0.5, 0.6) is 11.5 Å². The first-order chi connectivity index (χ1) is 16.7. The van der Waals surface area contributed by atoms with E-state index in [1.54, 1.807) is 6.07 Å². The van der Waals surface area contributed by atoms with Crippen LogP contribution in [-0.2, 0) is 0 Å². The first-order valence-corrected chi connectivity index (χ1v) is 11.0. The molecule has 0 radical (unpaired) electrons. The highest BCUT2D eigenvalue weighted by Gasteiger charge is 2.28. The van der Waals surface area contributed by atoms with Gasteiger partial charge in [-0.05, 0) is 43.2 Å². The van der Waals surface area contributed by atoms with Crippen LogP contribution in [0.15, 0.2) is 41.3 Å². The van der Waals surface area contributed by atoms with E-state index in [1.807, 2.05) is 9.47 Å². The minimum absolute atomic E-state index is 0. The molecule has 0 atom stereocenters. The van der Waals surface area contributed by atoms with Crippen molar-refractivity contribution >= 4 is 40.9 Å². The quantitative estimate of drug-likeness (QED) is 0.326. The lowest BCUT2D eigenvalue weighted by atomic mass is 10.1. The monoisotopic (exact) mass is 521 g/mol. The Kier molecular flexibility index (Phi) is 8.06. The predicted octanol–water partition coefficient (Wildman–Crippen LogP) is 2.80. The smallest absolute Gasteiger partial charge is 0.341 e. The van der Waals surface area contributed by atoms with Crippen LogP contribution < -0.4 is 15.6 Å². The molecule has 2 aromatic carbocycles. The number of halogens is 2. The van der Waals surface area contributed by atoms with Gasteiger partial charge < -0.3 is 35.2 Å². The number of phenols is 2. The first kappa shape index (κ1) is 26.8. The summed E-state index contributed by atoms with van der Waals surface area (Å²) in [6, 6.07) is 6.40. The molecule has 2 heterocycles. The molecule has 2 fully saturated rings. The lowest BCUT2D eigenvalue weighted by Gasteiger charge is -2.30. The maximum atomic E-state index is 14.6. The molecule has 1 saturated carbocycles. The summed E-state index contributed by atoms with van der Waals surface area (Å²) in [4.78, 5) is 36.0. The number of pyridine rings is 1. The van der Waals surface area contributed by atoms with E-state index >= 15 is 0 Å². The fourth-order valence-corrected chi connectivity index (χ4v) is 4.01. The van der Waals surface area contributed by atoms with Crippen molar-refractivity contribution < 1.29 is 34.4 Å². The summed E-state index contributed by atoms with van der Waals surface area (Å²) in [5, 5.41) is 38.8. The molecule has 0 unspecified atom stereocenters. The Morgan fingerprint density at radius 2 is 1.61 bits per heavy atom. The summed E-state index contributed by atoms with van der Waals surface area (Å²) >= 11 is 0. The molecule has 12 heteroatoms. The number of rotatable bonds is 4. The molecule has 1 aromatic heterocycles. The Labute approximate surface area is 210 Å². The summed E-state index contributed by atoms with van der Waals surface area (Å²) in [5.41, 5.74) is -0.141. The van der Waals surface area contributed by atoms with Crippen LogP contribution in [0.2, 0.25) is 0 Å². The number of aromatic hydroxyl groups is 2. The zero-order valence-corrected chi connectivity index (χ0v) is 19.8. The van der Waals surface area contributed by atoms with Gasteiger partial charge in [0, 0.05) is 43.8 Å². The molecule has 5 N–H and O–H groups in total. The van der Waals surface area contributed by atoms with E-state index in [1.165, 1.54) is 18.3 Å². The normalized spacial score (nSPS) is 15.0.